The van der Waals surface area contributed by atoms with Crippen LogP contribution in [0.3, 0.4) is 0 Å². The number of aliphatic carboxylic acids is 4. The highest BCUT2D eigenvalue weighted by Crippen LogP contribution is 2.22. The summed E-state index contributed by atoms with van der Waals surface area (Å²) in [5, 5.41) is 82.3. The monoisotopic (exact) mass is 1730 g/mol. The van der Waals surface area contributed by atoms with Gasteiger partial charge in [0, 0.05) is 54.2 Å². The average molecular weight is 1730 g/mol. The van der Waals surface area contributed by atoms with Crippen LogP contribution in [0.5, 0.6) is 0 Å². The predicted octanol–water partition coefficient (Wildman–Crippen LogP) is -3.65. The van der Waals surface area contributed by atoms with E-state index in [9.17, 15) is 126 Å². The molecule has 1 aromatic heterocycles. The number of hydrogen-bond acceptors (Lipinski definition) is 24. The number of hydrogen-bond donors (Lipinski definition) is 22. The van der Waals surface area contributed by atoms with Gasteiger partial charge in [-0.15, -0.1) is 0 Å². The van der Waals surface area contributed by atoms with E-state index in [4.69, 9.17) is 16.2 Å². The molecule has 123 heavy (non-hydrogen) atoms. The number of nitrogen functional groups attached to an aromatic ring is 1. The fraction of sp³-hybridized carbons (Fsp3) is 0.494. The van der Waals surface area contributed by atoms with Gasteiger partial charge < -0.3 is 121 Å². The number of Topliss-reactive ketones (excluding diaryl/α,β-unsaturated/α-hetero) is 1. The highest BCUT2D eigenvalue weighted by molar-refractivity contribution is 6.05. The molecule has 0 radical (unpaired) electrons. The number of ether oxygens (including phenoxy) is 1. The molecule has 0 saturated carbocycles. The van der Waals surface area contributed by atoms with Crippen LogP contribution in [0.1, 0.15) is 152 Å². The van der Waals surface area contributed by atoms with Gasteiger partial charge in [0.15, 0.2) is 5.78 Å². The molecule has 5 rings (SSSR count). The Kier molecular flexibility index (Phi) is 41.1. The molecule has 1 saturated heterocycles. The lowest BCUT2D eigenvalue weighted by Gasteiger charge is -2.30. The summed E-state index contributed by atoms with van der Waals surface area (Å²) in [6, 6.07) is -5.54. The number of nitrogens with one attached hydrogen (secondary N) is 15. The fourth-order valence-corrected chi connectivity index (χ4v) is 12.7. The SMILES string of the molecule is CCCCCCCCCC(=O)NC(Cc1c[nH]c2ccccc12)C(=O)NC(CC(N)=O)C(=O)NC(CC(=O)O)C(=O)NC1C(=O)NCC(=O)NC(CCCNCc2ccc(F)cc2)C(=O)NC(CC(=O)O)C(=O)NC(C)C(=O)NC(CC(=O)O)C(=O)NCC(=O)NC(CO)C(=O)NC(C(C)CC(=O)O)C(=O)NC(CC(=O)c2ccccc2N)C(=O)OC1C. The molecular weight excluding hydrogens is 1620 g/mol. The number of carboxylic acids is 4. The molecule has 1 aliphatic rings. The Morgan fingerprint density at radius 1 is 0.553 bits per heavy atom. The second kappa shape index (κ2) is 50.5. The summed E-state index contributed by atoms with van der Waals surface area (Å²) in [7, 11) is 0. The number of amides is 14. The number of aliphatic hydroxyl groups is 1. The Bertz CT molecular complexity index is 4470. The van der Waals surface area contributed by atoms with Crippen LogP contribution >= 0.6 is 0 Å². The summed E-state index contributed by atoms with van der Waals surface area (Å²) in [4.78, 5) is 279. The number of aliphatic hydroxyl groups excluding tert-OH is 1. The first-order chi connectivity index (χ1) is 58.3. The number of halogens is 1. The first-order valence-corrected chi connectivity index (χ1v) is 39.5. The number of anilines is 1. The molecule has 1 aliphatic heterocycles. The Morgan fingerprint density at radius 2 is 1.11 bits per heavy atom. The first-order valence-electron chi connectivity index (χ1n) is 39.5. The third-order valence-corrected chi connectivity index (χ3v) is 19.3. The summed E-state index contributed by atoms with van der Waals surface area (Å²) in [5.74, 6) is -30.5. The zero-order valence-corrected chi connectivity index (χ0v) is 67.9. The van der Waals surface area contributed by atoms with Crippen molar-refractivity contribution in [2.75, 3.05) is 32.0 Å². The zero-order valence-electron chi connectivity index (χ0n) is 67.9. The Hall–Kier alpha value is -13.5. The largest absolute Gasteiger partial charge is 0.481 e. The van der Waals surface area contributed by atoms with Gasteiger partial charge in [-0.1, -0.05) is 94.8 Å². The van der Waals surface area contributed by atoms with Gasteiger partial charge in [-0.3, -0.25) is 91.1 Å². The van der Waals surface area contributed by atoms with Gasteiger partial charge in [0.05, 0.1) is 51.8 Å². The van der Waals surface area contributed by atoms with E-state index in [1.807, 2.05) is 16.0 Å². The first kappa shape index (κ1) is 100. The van der Waals surface area contributed by atoms with Gasteiger partial charge in [0.1, 0.15) is 78.4 Å². The van der Waals surface area contributed by atoms with Crippen molar-refractivity contribution in [3.63, 3.8) is 0 Å². The van der Waals surface area contributed by atoms with E-state index < -0.39 is 267 Å². The molecule has 43 nitrogen and oxygen atoms in total. The number of nitrogens with two attached hydrogens (primary N) is 2. The quantitative estimate of drug-likeness (QED) is 0.00890. The molecule has 670 valence electrons. The third kappa shape index (κ3) is 34.6. The van der Waals surface area contributed by atoms with Crippen molar-refractivity contribution in [2.24, 2.45) is 11.7 Å². The number of H-pyrrole nitrogens is 1. The van der Waals surface area contributed by atoms with Crippen LogP contribution in [0.4, 0.5) is 10.1 Å². The van der Waals surface area contributed by atoms with E-state index in [-0.39, 0.29) is 43.6 Å². The van der Waals surface area contributed by atoms with Crippen molar-refractivity contribution in [2.45, 2.75) is 216 Å². The molecule has 14 amide bonds. The summed E-state index contributed by atoms with van der Waals surface area (Å²) in [6.07, 6.45) is -2.50. The van der Waals surface area contributed by atoms with Gasteiger partial charge >= 0.3 is 29.8 Å². The van der Waals surface area contributed by atoms with Gasteiger partial charge in [-0.2, -0.15) is 0 Å². The number of aromatic amines is 1. The number of primary amides is 1. The van der Waals surface area contributed by atoms with Crippen molar-refractivity contribution in [3.05, 3.63) is 102 Å². The summed E-state index contributed by atoms with van der Waals surface area (Å²) >= 11 is 0. The molecule has 0 bridgehead atoms. The lowest BCUT2D eigenvalue weighted by Crippen LogP contribution is -2.62. The minimum Gasteiger partial charge on any atom is -0.481 e. The maximum absolute atomic E-state index is 15.0. The van der Waals surface area contributed by atoms with Gasteiger partial charge in [0.25, 0.3) is 0 Å². The number of carbonyl (C=O) groups is 20. The number of rotatable bonds is 38. The highest BCUT2D eigenvalue weighted by atomic mass is 19.1. The molecule has 3 aromatic carbocycles. The number of fused-ring (bicyclic) bond motifs is 1. The molecule has 0 spiro atoms. The molecule has 2 heterocycles. The molecule has 13 unspecified atom stereocenters. The maximum Gasteiger partial charge on any atom is 0.329 e. The lowest BCUT2D eigenvalue weighted by atomic mass is 9.96. The van der Waals surface area contributed by atoms with E-state index >= 15 is 0 Å². The minimum atomic E-state index is -2.48. The van der Waals surface area contributed by atoms with Crippen LogP contribution in [0, 0.1) is 11.7 Å². The predicted molar refractivity (Wildman–Crippen MR) is 429 cm³/mol. The molecule has 1 fully saturated rings. The highest BCUT2D eigenvalue weighted by Gasteiger charge is 2.41. The Labute approximate surface area is 703 Å². The number of carbonyl (C=O) groups excluding carboxylic acids is 16. The number of esters is 1. The van der Waals surface area contributed by atoms with Gasteiger partial charge in [-0.05, 0) is 87.0 Å². The van der Waals surface area contributed by atoms with Crippen LogP contribution in [-0.4, -0.2) is 248 Å². The average Bonchev–Trinajstić information content (AvgIpc) is 1.71. The topological polar surface area (TPSA) is 688 Å². The van der Waals surface area contributed by atoms with Crippen molar-refractivity contribution in [3.8, 4) is 0 Å². The maximum atomic E-state index is 15.0. The zero-order chi connectivity index (χ0) is 91.2. The molecule has 0 aliphatic carbocycles. The van der Waals surface area contributed by atoms with Crippen LogP contribution in [0.25, 0.3) is 10.9 Å². The van der Waals surface area contributed by atoms with E-state index in [0.717, 1.165) is 52.9 Å². The number of ketones is 1. The van der Waals surface area contributed by atoms with E-state index in [1.165, 1.54) is 48.5 Å². The second-order valence-corrected chi connectivity index (χ2v) is 29.3. The number of benzene rings is 3. The smallest absolute Gasteiger partial charge is 0.329 e. The fourth-order valence-electron chi connectivity index (χ4n) is 12.7. The van der Waals surface area contributed by atoms with Crippen LogP contribution in [0.15, 0.2) is 79.0 Å². The number of aromatic nitrogens is 1. The number of para-hydroxylation sites is 2. The number of carboxylic acid groups (broad SMARTS) is 4. The van der Waals surface area contributed by atoms with E-state index in [1.54, 1.807) is 30.5 Å². The molecule has 13 atom stereocenters. The second-order valence-electron chi connectivity index (χ2n) is 29.3. The van der Waals surface area contributed by atoms with Gasteiger partial charge in [-0.25, -0.2) is 9.18 Å². The Morgan fingerprint density at radius 3 is 1.72 bits per heavy atom. The minimum absolute atomic E-state index is 0.0193. The summed E-state index contributed by atoms with van der Waals surface area (Å²) in [5.41, 5.74) is 13.0. The molecule has 4 aromatic rings. The lowest BCUT2D eigenvalue weighted by molar-refractivity contribution is -0.156. The van der Waals surface area contributed by atoms with Crippen molar-refractivity contribution in [1.82, 2.24) is 79.4 Å². The summed E-state index contributed by atoms with van der Waals surface area (Å²) < 4.78 is 19.5. The van der Waals surface area contributed by atoms with Crippen molar-refractivity contribution >= 4 is 135 Å². The third-order valence-electron chi connectivity index (χ3n) is 19.3. The normalized spacial score (nSPS) is 20.6. The summed E-state index contributed by atoms with van der Waals surface area (Å²) in [6.45, 7) is 1.37. The van der Waals surface area contributed by atoms with Crippen LogP contribution in [-0.2, 0) is 109 Å². The van der Waals surface area contributed by atoms with Crippen LogP contribution < -0.4 is 85.9 Å². The van der Waals surface area contributed by atoms with E-state index in [2.05, 4.69) is 70.4 Å². The number of unbranched alkanes of at least 4 members (excludes halogenated alkanes) is 6. The van der Waals surface area contributed by atoms with Crippen molar-refractivity contribution < 1.29 is 131 Å². The standard InChI is InChI=1S/C79H106FN17O26/c1-5-6-7-8-9-10-11-22-60(101)89-51(29-44-36-84-49-20-15-13-17-46(44)49)73(116)92-52(31-59(82)100)74(117)94-55(34-66(110)111)75(118)97-68-42(4)123-79(122)56(30-58(99)47-18-12-14-19-48(47)81)95-78(121)67(40(2)28-63(104)105)96-76(119)57(39-98)90-62(103)37-85-70(113)53(32-64(106)107)91-69(112)41(3)87-72(115)54(33-65(108)109)93-71(114)50(88-61(102)38-86-77(68)120)21-16-27-83-35-43-23-25-45(80)26-24-43/h12-15,17-20,23-26,36,40-42,50-57,67-68,83-84,98H,5-11,16,21-22,27-35,37-39,81H2,1-4H3,(H2,82,100)(H,85,113)(H,86,120)(H,87,115)(H,88,102)(H,89,101)(H,90,103)(H,91,112)(H,92,116)(H,93,114)(H,94,117)(H,95,121)(H,96,119)(H,97,118)(H,104,105)(H,106,107)(H,108,109)(H,110,111). The van der Waals surface area contributed by atoms with Crippen molar-refractivity contribution in [1.29, 1.82) is 0 Å². The van der Waals surface area contributed by atoms with Gasteiger partial charge in [0.2, 0.25) is 82.7 Å². The number of cyclic esters (lactones) is 1. The molecule has 24 N–H and O–H groups in total. The molecular formula is C79H106FN17O26. The molecule has 44 heteroatoms. The van der Waals surface area contributed by atoms with Crippen LogP contribution in [0.2, 0.25) is 0 Å². The van der Waals surface area contributed by atoms with E-state index in [0.29, 0.717) is 34.9 Å². The Balaban J connectivity index is 1.62.